The second-order valence-corrected chi connectivity index (χ2v) is 22.9. The van der Waals surface area contributed by atoms with E-state index in [1.807, 2.05) is 33.8 Å². The number of cyclic esters (lactones) is 1. The fourth-order valence-electron chi connectivity index (χ4n) is 5.52. The van der Waals surface area contributed by atoms with Crippen LogP contribution in [0, 0.1) is 17.3 Å². The van der Waals surface area contributed by atoms with E-state index in [1.165, 1.54) is 0 Å². The summed E-state index contributed by atoms with van der Waals surface area (Å²) in [6.07, 6.45) is 6.33. The minimum absolute atomic E-state index is 0.0254. The zero-order valence-corrected chi connectivity index (χ0v) is 27.9. The molecule has 0 aromatic heterocycles. The summed E-state index contributed by atoms with van der Waals surface area (Å²) in [7, 11) is -4.00. The molecule has 0 amide bonds. The molecular formula is C30H54O6Si2. The third-order valence-electron chi connectivity index (χ3n) is 7.69. The molecule has 218 valence electrons. The molecule has 2 saturated heterocycles. The van der Waals surface area contributed by atoms with Gasteiger partial charge in [0.2, 0.25) is 0 Å². The smallest absolute Gasteiger partial charge is 0.309 e. The highest BCUT2D eigenvalue weighted by atomic mass is 28.4. The number of allylic oxidation sites excluding steroid dienone is 2. The predicted octanol–water partition coefficient (Wildman–Crippen LogP) is 7.07. The zero-order chi connectivity index (χ0) is 29.1. The molecule has 0 aliphatic carbocycles. The molecule has 2 heterocycles. The Labute approximate surface area is 234 Å². The van der Waals surface area contributed by atoms with Gasteiger partial charge in [-0.1, -0.05) is 52.8 Å². The molecule has 2 aliphatic heterocycles. The van der Waals surface area contributed by atoms with Crippen LogP contribution in [-0.4, -0.2) is 58.9 Å². The molecule has 0 N–H and O–H groups in total. The molecule has 6 nitrogen and oxygen atoms in total. The first-order valence-corrected chi connectivity index (χ1v) is 21.2. The van der Waals surface area contributed by atoms with Crippen molar-refractivity contribution < 1.29 is 27.9 Å². The Bertz CT molecular complexity index is 869. The van der Waals surface area contributed by atoms with Crippen molar-refractivity contribution in [3.8, 4) is 0 Å². The average Bonchev–Trinajstić information content (AvgIpc) is 3.51. The van der Waals surface area contributed by atoms with Crippen molar-refractivity contribution in [1.82, 2.24) is 0 Å². The molecule has 0 aromatic rings. The van der Waals surface area contributed by atoms with Crippen molar-refractivity contribution in [3.63, 3.8) is 0 Å². The number of esters is 1. The lowest BCUT2D eigenvalue weighted by atomic mass is 9.73. The topological polar surface area (TPSA) is 74.4 Å². The molecule has 2 fully saturated rings. The van der Waals surface area contributed by atoms with E-state index in [0.29, 0.717) is 6.42 Å². The summed E-state index contributed by atoms with van der Waals surface area (Å²) in [5, 5.41) is 0. The Morgan fingerprint density at radius 2 is 1.61 bits per heavy atom. The number of ketones is 1. The van der Waals surface area contributed by atoms with E-state index in [9.17, 15) is 9.59 Å². The Morgan fingerprint density at radius 1 is 1.00 bits per heavy atom. The Kier molecular flexibility index (Phi) is 11.4. The van der Waals surface area contributed by atoms with Gasteiger partial charge >= 0.3 is 5.97 Å². The van der Waals surface area contributed by atoms with Gasteiger partial charge in [0, 0.05) is 17.8 Å². The molecule has 0 bridgehead atoms. The molecule has 2 rings (SSSR count). The number of fused-ring (bicyclic) bond motifs is 1. The van der Waals surface area contributed by atoms with E-state index in [2.05, 4.69) is 52.8 Å². The van der Waals surface area contributed by atoms with Gasteiger partial charge in [-0.2, -0.15) is 0 Å². The summed E-state index contributed by atoms with van der Waals surface area (Å²) in [6, 6.07) is 0. The SMILES string of the molecule is C=C/C=C(\C)[C@@H]1C[C@@H]2O[C@@H]2CCC[C@H](C)[C@H](O[Si](C)(C)C)[C@@H](C)C(=O)C(C)(C)[C@@H](O[Si](C)(C)C)CC(=O)O1. The minimum atomic E-state index is -2.09. The summed E-state index contributed by atoms with van der Waals surface area (Å²) >= 11 is 0. The number of rotatable bonds is 6. The summed E-state index contributed by atoms with van der Waals surface area (Å²) < 4.78 is 25.3. The Morgan fingerprint density at radius 3 is 2.16 bits per heavy atom. The van der Waals surface area contributed by atoms with Crippen LogP contribution in [0.1, 0.15) is 66.7 Å². The second kappa shape index (κ2) is 13.1. The van der Waals surface area contributed by atoms with Crippen LogP contribution in [0.3, 0.4) is 0 Å². The van der Waals surface area contributed by atoms with E-state index < -0.39 is 28.2 Å². The minimum Gasteiger partial charge on any atom is -0.458 e. The standard InChI is InChI=1S/C30H54O6Si2/c1-13-15-20(2)24-18-25-23(33-25)17-14-16-21(3)28(36-38(10,11)12)22(4)29(32)30(5,6)26(19-27(31)34-24)35-37(7,8)9/h13,15,21-26,28H,1,14,16-19H2,2-12H3/b20-15+/t21-,22+,23+,24-,25-,26-,28-/m0/s1. The summed E-state index contributed by atoms with van der Waals surface area (Å²) in [4.78, 5) is 27.6. The molecule has 8 heteroatoms. The third-order valence-corrected chi connectivity index (χ3v) is 9.66. The predicted molar refractivity (Wildman–Crippen MR) is 159 cm³/mol. The summed E-state index contributed by atoms with van der Waals surface area (Å²) in [6.45, 7) is 26.6. The quantitative estimate of drug-likeness (QED) is 0.148. The first kappa shape index (κ1) is 33.1. The Balaban J connectivity index is 2.46. The molecule has 0 radical (unpaired) electrons. The van der Waals surface area contributed by atoms with E-state index in [-0.39, 0.29) is 54.4 Å². The molecule has 0 aromatic carbocycles. The van der Waals surface area contributed by atoms with Crippen molar-refractivity contribution in [2.75, 3.05) is 0 Å². The average molecular weight is 567 g/mol. The van der Waals surface area contributed by atoms with Crippen molar-refractivity contribution in [3.05, 3.63) is 24.3 Å². The second-order valence-electron chi connectivity index (χ2n) is 14.0. The van der Waals surface area contributed by atoms with Gasteiger partial charge in [0.05, 0.1) is 30.8 Å². The van der Waals surface area contributed by atoms with Gasteiger partial charge in [0.25, 0.3) is 0 Å². The van der Waals surface area contributed by atoms with Crippen LogP contribution >= 0.6 is 0 Å². The van der Waals surface area contributed by atoms with Crippen molar-refractivity contribution in [2.45, 2.75) is 137 Å². The zero-order valence-electron chi connectivity index (χ0n) is 25.9. The van der Waals surface area contributed by atoms with Gasteiger partial charge in [0.15, 0.2) is 16.6 Å². The van der Waals surface area contributed by atoms with Crippen LogP contribution in [0.2, 0.25) is 39.3 Å². The normalized spacial score (nSPS) is 34.3. The maximum atomic E-state index is 14.2. The number of epoxide rings is 1. The number of Topliss-reactive ketones (excluding diaryl/α,β-unsaturated/α-hetero) is 1. The van der Waals surface area contributed by atoms with Crippen LogP contribution in [0.15, 0.2) is 24.3 Å². The van der Waals surface area contributed by atoms with Gasteiger partial charge in [-0.3, -0.25) is 9.59 Å². The maximum absolute atomic E-state index is 14.2. The van der Waals surface area contributed by atoms with E-state index in [1.54, 1.807) is 6.08 Å². The molecule has 0 unspecified atom stereocenters. The van der Waals surface area contributed by atoms with Gasteiger partial charge in [-0.25, -0.2) is 0 Å². The Hall–Kier alpha value is -1.07. The maximum Gasteiger partial charge on any atom is 0.309 e. The first-order chi connectivity index (χ1) is 17.4. The fourth-order valence-corrected chi connectivity index (χ4v) is 8.00. The van der Waals surface area contributed by atoms with Crippen molar-refractivity contribution in [1.29, 1.82) is 0 Å². The van der Waals surface area contributed by atoms with E-state index in [0.717, 1.165) is 24.8 Å². The number of hydrogen-bond donors (Lipinski definition) is 0. The third kappa shape index (κ3) is 9.84. The molecule has 0 spiro atoms. The number of carbonyl (C=O) groups is 2. The van der Waals surface area contributed by atoms with Gasteiger partial charge in [-0.05, 0) is 70.5 Å². The monoisotopic (exact) mass is 566 g/mol. The molecule has 38 heavy (non-hydrogen) atoms. The summed E-state index contributed by atoms with van der Waals surface area (Å²) in [5.41, 5.74) is 0.0539. The van der Waals surface area contributed by atoms with Crippen LogP contribution in [0.5, 0.6) is 0 Å². The number of hydrogen-bond acceptors (Lipinski definition) is 6. The molecule has 0 saturated carbocycles. The highest BCUT2D eigenvalue weighted by Crippen LogP contribution is 2.39. The lowest BCUT2D eigenvalue weighted by Crippen LogP contribution is -2.51. The van der Waals surface area contributed by atoms with Crippen molar-refractivity contribution in [2.24, 2.45) is 17.3 Å². The molecule has 2 aliphatic rings. The van der Waals surface area contributed by atoms with Crippen LogP contribution in [-0.2, 0) is 27.9 Å². The van der Waals surface area contributed by atoms with Gasteiger partial charge < -0.3 is 18.3 Å². The van der Waals surface area contributed by atoms with Crippen LogP contribution < -0.4 is 0 Å². The highest BCUT2D eigenvalue weighted by molar-refractivity contribution is 6.70. The van der Waals surface area contributed by atoms with E-state index in [4.69, 9.17) is 18.3 Å². The van der Waals surface area contributed by atoms with Gasteiger partial charge in [-0.15, -0.1) is 0 Å². The van der Waals surface area contributed by atoms with Gasteiger partial charge in [0.1, 0.15) is 11.9 Å². The largest absolute Gasteiger partial charge is 0.458 e. The highest BCUT2D eigenvalue weighted by Gasteiger charge is 2.47. The lowest BCUT2D eigenvalue weighted by Gasteiger charge is -2.41. The number of ether oxygens (including phenoxy) is 2. The number of carbonyl (C=O) groups excluding carboxylic acids is 2. The van der Waals surface area contributed by atoms with E-state index >= 15 is 0 Å². The first-order valence-electron chi connectivity index (χ1n) is 14.4. The molecule has 7 atom stereocenters. The van der Waals surface area contributed by atoms with Crippen molar-refractivity contribution >= 4 is 28.4 Å². The molecular weight excluding hydrogens is 512 g/mol. The van der Waals surface area contributed by atoms with Crippen LogP contribution in [0.4, 0.5) is 0 Å². The fraction of sp³-hybridized carbons (Fsp3) is 0.800. The van der Waals surface area contributed by atoms with Crippen LogP contribution in [0.25, 0.3) is 0 Å². The summed E-state index contributed by atoms with van der Waals surface area (Å²) in [5.74, 6) is -0.357. The lowest BCUT2D eigenvalue weighted by molar-refractivity contribution is -0.153.